The summed E-state index contributed by atoms with van der Waals surface area (Å²) in [5.41, 5.74) is 2.42. The predicted molar refractivity (Wildman–Crippen MR) is 98.4 cm³/mol. The van der Waals surface area contributed by atoms with Crippen LogP contribution in [0.25, 0.3) is 0 Å². The van der Waals surface area contributed by atoms with Crippen molar-refractivity contribution in [3.63, 3.8) is 0 Å². The molecule has 0 aliphatic carbocycles. The Balaban J connectivity index is 1.52. The molecule has 0 radical (unpaired) electrons. The summed E-state index contributed by atoms with van der Waals surface area (Å²) in [4.78, 5) is 13.8. The van der Waals surface area contributed by atoms with Crippen molar-refractivity contribution >= 4 is 6.03 Å². The highest BCUT2D eigenvalue weighted by Gasteiger charge is 2.27. The topological polar surface area (TPSA) is 62.2 Å². The van der Waals surface area contributed by atoms with Crippen LogP contribution in [0.4, 0.5) is 4.79 Å². The highest BCUT2D eigenvalue weighted by molar-refractivity contribution is 5.74. The first-order valence-corrected chi connectivity index (χ1v) is 9.00. The number of amides is 2. The second kappa shape index (κ2) is 8.16. The summed E-state index contributed by atoms with van der Waals surface area (Å²) in [5.74, 6) is 0. The summed E-state index contributed by atoms with van der Waals surface area (Å²) in [6.45, 7) is 7.11. The number of rotatable bonds is 6. The molecule has 6 heteroatoms. The van der Waals surface area contributed by atoms with Gasteiger partial charge < -0.3 is 15.5 Å². The van der Waals surface area contributed by atoms with E-state index in [0.717, 1.165) is 26.1 Å². The number of carbonyl (C=O) groups is 1. The number of aromatic nitrogens is 2. The number of nitrogens with one attached hydrogen (secondary N) is 2. The smallest absolute Gasteiger partial charge is 0.317 e. The number of nitrogens with zero attached hydrogens (tertiary/aromatic N) is 3. The summed E-state index contributed by atoms with van der Waals surface area (Å²) in [5, 5.41) is 11.0. The van der Waals surface area contributed by atoms with Gasteiger partial charge in [-0.1, -0.05) is 30.3 Å². The fraction of sp³-hybridized carbons (Fsp3) is 0.474. The molecule has 0 spiro atoms. The molecule has 25 heavy (non-hydrogen) atoms. The van der Waals surface area contributed by atoms with Crippen LogP contribution in [-0.4, -0.2) is 46.4 Å². The van der Waals surface area contributed by atoms with Crippen molar-refractivity contribution in [1.29, 1.82) is 0 Å². The van der Waals surface area contributed by atoms with Crippen LogP contribution >= 0.6 is 0 Å². The lowest BCUT2D eigenvalue weighted by atomic mass is 10.1. The molecule has 1 aliphatic heterocycles. The van der Waals surface area contributed by atoms with Gasteiger partial charge in [0.1, 0.15) is 0 Å². The van der Waals surface area contributed by atoms with Crippen molar-refractivity contribution in [2.24, 2.45) is 0 Å². The highest BCUT2D eigenvalue weighted by atomic mass is 16.2. The van der Waals surface area contributed by atoms with E-state index in [1.165, 1.54) is 11.1 Å². The largest absolute Gasteiger partial charge is 0.338 e. The number of urea groups is 1. The van der Waals surface area contributed by atoms with E-state index in [0.29, 0.717) is 12.6 Å². The first-order chi connectivity index (χ1) is 12.2. The maximum absolute atomic E-state index is 11.9. The molecule has 0 unspecified atom stereocenters. The average Bonchev–Trinajstić information content (AvgIpc) is 3.26. The Hall–Kier alpha value is -2.34. The van der Waals surface area contributed by atoms with Gasteiger partial charge in [0.2, 0.25) is 0 Å². The number of likely N-dealkylation sites (tertiary alicyclic amines) is 1. The minimum atomic E-state index is 0.0372. The van der Waals surface area contributed by atoms with Gasteiger partial charge in [-0.15, -0.1) is 0 Å². The van der Waals surface area contributed by atoms with Gasteiger partial charge in [-0.2, -0.15) is 5.10 Å². The van der Waals surface area contributed by atoms with Gasteiger partial charge in [0.25, 0.3) is 0 Å². The van der Waals surface area contributed by atoms with E-state index < -0.39 is 0 Å². The van der Waals surface area contributed by atoms with Gasteiger partial charge in [0.05, 0.1) is 12.7 Å². The molecule has 1 saturated heterocycles. The second-order valence-corrected chi connectivity index (χ2v) is 6.61. The molecule has 1 aromatic heterocycles. The normalized spacial score (nSPS) is 18.3. The van der Waals surface area contributed by atoms with E-state index in [9.17, 15) is 4.79 Å². The monoisotopic (exact) mass is 341 g/mol. The minimum absolute atomic E-state index is 0.0372. The number of hydrogen-bond acceptors (Lipinski definition) is 3. The first-order valence-electron chi connectivity index (χ1n) is 9.00. The maximum Gasteiger partial charge on any atom is 0.317 e. The molecule has 6 nitrogen and oxygen atoms in total. The van der Waals surface area contributed by atoms with Crippen molar-refractivity contribution in [2.45, 2.75) is 38.9 Å². The predicted octanol–water partition coefficient (Wildman–Crippen LogP) is 2.39. The van der Waals surface area contributed by atoms with E-state index >= 15 is 0 Å². The lowest BCUT2D eigenvalue weighted by molar-refractivity contribution is 0.208. The standard InChI is InChI=1S/C19H27N5O/c1-3-20-19(25)23-10-9-18(14-23)22-15(2)17-11-21-24(13-17)12-16-7-5-4-6-8-16/h4-8,11,13,15,18,22H,3,9-10,12,14H2,1-2H3,(H,20,25)/t15-,18-/m0/s1. The van der Waals surface area contributed by atoms with Crippen LogP contribution in [0.1, 0.15) is 37.4 Å². The lowest BCUT2D eigenvalue weighted by Gasteiger charge is -2.20. The van der Waals surface area contributed by atoms with Crippen LogP contribution in [0.15, 0.2) is 42.7 Å². The lowest BCUT2D eigenvalue weighted by Crippen LogP contribution is -2.41. The number of benzene rings is 1. The molecular weight excluding hydrogens is 314 g/mol. The van der Waals surface area contributed by atoms with Gasteiger partial charge in [0, 0.05) is 43.5 Å². The fourth-order valence-electron chi connectivity index (χ4n) is 3.25. The van der Waals surface area contributed by atoms with Crippen molar-refractivity contribution < 1.29 is 4.79 Å². The van der Waals surface area contributed by atoms with E-state index in [2.05, 4.69) is 41.0 Å². The minimum Gasteiger partial charge on any atom is -0.338 e. The molecule has 1 aliphatic rings. The zero-order valence-corrected chi connectivity index (χ0v) is 15.0. The fourth-order valence-corrected chi connectivity index (χ4v) is 3.25. The van der Waals surface area contributed by atoms with Crippen LogP contribution in [0.5, 0.6) is 0 Å². The molecule has 2 N–H and O–H groups in total. The van der Waals surface area contributed by atoms with Crippen molar-refractivity contribution in [3.8, 4) is 0 Å². The Kier molecular flexibility index (Phi) is 5.71. The molecule has 3 rings (SSSR count). The third-order valence-electron chi connectivity index (χ3n) is 4.63. The summed E-state index contributed by atoms with van der Waals surface area (Å²) in [6.07, 6.45) is 5.01. The van der Waals surface area contributed by atoms with Crippen LogP contribution in [-0.2, 0) is 6.54 Å². The Morgan fingerprint density at radius 2 is 2.16 bits per heavy atom. The molecular formula is C19H27N5O. The molecule has 0 saturated carbocycles. The molecule has 2 heterocycles. The summed E-state index contributed by atoms with van der Waals surface area (Å²) >= 11 is 0. The third-order valence-corrected chi connectivity index (χ3v) is 4.63. The summed E-state index contributed by atoms with van der Waals surface area (Å²) in [7, 11) is 0. The first kappa shape index (κ1) is 17.5. The van der Waals surface area contributed by atoms with Crippen LogP contribution in [0.3, 0.4) is 0 Å². The van der Waals surface area contributed by atoms with Crippen LogP contribution in [0.2, 0.25) is 0 Å². The molecule has 2 amide bonds. The third kappa shape index (κ3) is 4.60. The molecule has 0 bridgehead atoms. The van der Waals surface area contributed by atoms with Crippen molar-refractivity contribution in [2.75, 3.05) is 19.6 Å². The Morgan fingerprint density at radius 1 is 1.36 bits per heavy atom. The van der Waals surface area contributed by atoms with Crippen molar-refractivity contribution in [3.05, 3.63) is 53.9 Å². The SMILES string of the molecule is CCNC(=O)N1CC[C@H](N[C@@H](C)c2cnn(Cc3ccccc3)c2)C1. The number of hydrogen-bond donors (Lipinski definition) is 2. The zero-order valence-electron chi connectivity index (χ0n) is 15.0. The Bertz CT molecular complexity index is 684. The van der Waals surface area contributed by atoms with Crippen LogP contribution in [0, 0.1) is 0 Å². The number of carbonyl (C=O) groups excluding carboxylic acids is 1. The average molecular weight is 341 g/mol. The molecule has 1 fully saturated rings. The molecule has 134 valence electrons. The maximum atomic E-state index is 11.9. The van der Waals surface area contributed by atoms with Gasteiger partial charge in [-0.05, 0) is 25.8 Å². The highest BCUT2D eigenvalue weighted by Crippen LogP contribution is 2.17. The van der Waals surface area contributed by atoms with Crippen molar-refractivity contribution in [1.82, 2.24) is 25.3 Å². The molecule has 2 aromatic rings. The Morgan fingerprint density at radius 3 is 2.92 bits per heavy atom. The van der Waals surface area contributed by atoms with E-state index in [1.807, 2.05) is 40.9 Å². The molecule has 2 atom stereocenters. The summed E-state index contributed by atoms with van der Waals surface area (Å²) < 4.78 is 1.97. The zero-order chi connectivity index (χ0) is 17.6. The Labute approximate surface area is 149 Å². The van der Waals surface area contributed by atoms with E-state index in [1.54, 1.807) is 0 Å². The summed E-state index contributed by atoms with van der Waals surface area (Å²) in [6, 6.07) is 10.9. The van der Waals surface area contributed by atoms with E-state index in [-0.39, 0.29) is 12.1 Å². The van der Waals surface area contributed by atoms with Gasteiger partial charge >= 0.3 is 6.03 Å². The van der Waals surface area contributed by atoms with Gasteiger partial charge in [0.15, 0.2) is 0 Å². The van der Waals surface area contributed by atoms with Gasteiger partial charge in [-0.25, -0.2) is 4.79 Å². The van der Waals surface area contributed by atoms with Crippen LogP contribution < -0.4 is 10.6 Å². The van der Waals surface area contributed by atoms with Gasteiger partial charge in [-0.3, -0.25) is 4.68 Å². The second-order valence-electron chi connectivity index (χ2n) is 6.61. The quantitative estimate of drug-likeness (QED) is 0.848. The molecule has 1 aromatic carbocycles. The van der Waals surface area contributed by atoms with E-state index in [4.69, 9.17) is 0 Å².